The molecule has 166 valence electrons. The molecular formula is C22H36IN7. The van der Waals surface area contributed by atoms with Gasteiger partial charge in [-0.3, -0.25) is 4.90 Å². The molecule has 1 aliphatic rings. The molecule has 1 fully saturated rings. The number of hydrogen-bond donors (Lipinski definition) is 2. The molecule has 1 aromatic heterocycles. The predicted octanol–water partition coefficient (Wildman–Crippen LogP) is 3.27. The van der Waals surface area contributed by atoms with Crippen LogP contribution in [0.4, 0.5) is 0 Å². The minimum atomic E-state index is 0. The molecule has 1 saturated heterocycles. The Kier molecular flexibility index (Phi) is 9.09. The second-order valence-electron chi connectivity index (χ2n) is 8.44. The summed E-state index contributed by atoms with van der Waals surface area (Å²) in [4.78, 5) is 7.37. The number of likely N-dealkylation sites (tertiary alicyclic amines) is 1. The third-order valence-electron chi connectivity index (χ3n) is 5.91. The van der Waals surface area contributed by atoms with E-state index in [1.54, 1.807) is 0 Å². The lowest BCUT2D eigenvalue weighted by Crippen LogP contribution is -2.47. The van der Waals surface area contributed by atoms with Crippen molar-refractivity contribution < 1.29 is 0 Å². The second-order valence-corrected chi connectivity index (χ2v) is 8.44. The van der Waals surface area contributed by atoms with E-state index in [9.17, 15) is 0 Å². The summed E-state index contributed by atoms with van der Waals surface area (Å²) in [6, 6.07) is 11.5. The van der Waals surface area contributed by atoms with Crippen molar-refractivity contribution in [3.63, 3.8) is 0 Å². The Hall–Kier alpha value is -1.68. The molecule has 0 saturated carbocycles. The van der Waals surface area contributed by atoms with Crippen molar-refractivity contribution in [3.8, 4) is 0 Å². The van der Waals surface area contributed by atoms with Gasteiger partial charge in [-0.2, -0.15) is 0 Å². The molecular weight excluding hydrogens is 489 g/mol. The van der Waals surface area contributed by atoms with Crippen molar-refractivity contribution in [2.75, 3.05) is 13.1 Å². The highest BCUT2D eigenvalue weighted by atomic mass is 127. The Balaban J connectivity index is 0.00000320. The van der Waals surface area contributed by atoms with E-state index < -0.39 is 0 Å². The summed E-state index contributed by atoms with van der Waals surface area (Å²) < 4.78 is 1.99. The van der Waals surface area contributed by atoms with E-state index in [4.69, 9.17) is 4.99 Å². The fraction of sp³-hybridized carbons (Fsp3) is 0.591. The Labute approximate surface area is 197 Å². The normalized spacial score (nSPS) is 20.8. The van der Waals surface area contributed by atoms with Crippen molar-refractivity contribution >= 4 is 29.9 Å². The van der Waals surface area contributed by atoms with Crippen molar-refractivity contribution in [2.45, 2.75) is 59.3 Å². The SMILES string of the molecule is Cc1nnc(CN=C(NC(C)c2ccccc2)NC2CN(C(C)C)CC2C)n1C.I. The van der Waals surface area contributed by atoms with Gasteiger partial charge in [0.05, 0.1) is 6.04 Å². The third kappa shape index (κ3) is 6.16. The van der Waals surface area contributed by atoms with E-state index in [0.717, 1.165) is 30.7 Å². The van der Waals surface area contributed by atoms with Crippen LogP contribution in [0.1, 0.15) is 50.9 Å². The Bertz CT molecular complexity index is 818. The van der Waals surface area contributed by atoms with Crippen LogP contribution in [-0.4, -0.2) is 50.8 Å². The monoisotopic (exact) mass is 525 g/mol. The topological polar surface area (TPSA) is 70.4 Å². The largest absolute Gasteiger partial charge is 0.352 e. The minimum absolute atomic E-state index is 0. The number of aliphatic imine (C=N–C) groups is 1. The summed E-state index contributed by atoms with van der Waals surface area (Å²) in [5.41, 5.74) is 1.24. The van der Waals surface area contributed by atoms with Gasteiger partial charge in [-0.05, 0) is 39.2 Å². The van der Waals surface area contributed by atoms with Gasteiger partial charge in [0.15, 0.2) is 11.8 Å². The van der Waals surface area contributed by atoms with E-state index in [-0.39, 0.29) is 30.0 Å². The lowest BCUT2D eigenvalue weighted by atomic mass is 10.1. The van der Waals surface area contributed by atoms with Crippen molar-refractivity contribution in [1.29, 1.82) is 0 Å². The number of benzene rings is 1. The molecule has 1 aliphatic heterocycles. The van der Waals surface area contributed by atoms with Gasteiger partial charge in [0.25, 0.3) is 0 Å². The first-order chi connectivity index (χ1) is 13.8. The predicted molar refractivity (Wildman–Crippen MR) is 133 cm³/mol. The molecule has 2 heterocycles. The van der Waals surface area contributed by atoms with Gasteiger partial charge in [-0.25, -0.2) is 4.99 Å². The maximum atomic E-state index is 4.85. The fourth-order valence-corrected chi connectivity index (χ4v) is 3.69. The fourth-order valence-electron chi connectivity index (χ4n) is 3.69. The summed E-state index contributed by atoms with van der Waals surface area (Å²) >= 11 is 0. The van der Waals surface area contributed by atoms with Crippen LogP contribution in [0.3, 0.4) is 0 Å². The molecule has 0 spiro atoms. The number of aromatic nitrogens is 3. The van der Waals surface area contributed by atoms with Crippen molar-refractivity contribution in [2.24, 2.45) is 18.0 Å². The number of hydrogen-bond acceptors (Lipinski definition) is 4. The molecule has 3 rings (SSSR count). The highest BCUT2D eigenvalue weighted by Crippen LogP contribution is 2.19. The lowest BCUT2D eigenvalue weighted by molar-refractivity contribution is 0.265. The summed E-state index contributed by atoms with van der Waals surface area (Å²) in [7, 11) is 1.98. The lowest BCUT2D eigenvalue weighted by Gasteiger charge is -2.24. The van der Waals surface area contributed by atoms with Crippen LogP contribution in [0.2, 0.25) is 0 Å². The molecule has 7 nitrogen and oxygen atoms in total. The minimum Gasteiger partial charge on any atom is -0.352 e. The number of aryl methyl sites for hydroxylation is 1. The van der Waals surface area contributed by atoms with Gasteiger partial charge in [0.1, 0.15) is 12.4 Å². The number of nitrogens with one attached hydrogen (secondary N) is 2. The Morgan fingerprint density at radius 1 is 1.17 bits per heavy atom. The van der Waals surface area contributed by atoms with Gasteiger partial charge < -0.3 is 15.2 Å². The van der Waals surface area contributed by atoms with Gasteiger partial charge in [0, 0.05) is 32.2 Å². The standard InChI is InChI=1S/C22H35N7.HI/c1-15(2)29-13-16(3)20(14-29)25-22(23-12-21-27-26-18(5)28(21)6)24-17(4)19-10-8-7-9-11-19;/h7-11,15-17,20H,12-14H2,1-6H3,(H2,23,24,25);1H. The van der Waals surface area contributed by atoms with Gasteiger partial charge in [0.2, 0.25) is 0 Å². The highest BCUT2D eigenvalue weighted by molar-refractivity contribution is 14.0. The van der Waals surface area contributed by atoms with Crippen LogP contribution in [0.25, 0.3) is 0 Å². The first-order valence-electron chi connectivity index (χ1n) is 10.6. The summed E-state index contributed by atoms with van der Waals surface area (Å²) in [6.45, 7) is 13.6. The zero-order chi connectivity index (χ0) is 21.0. The molecule has 3 atom stereocenters. The molecule has 30 heavy (non-hydrogen) atoms. The summed E-state index contributed by atoms with van der Waals surface area (Å²) in [5, 5.41) is 15.7. The first kappa shape index (κ1) is 24.6. The average Bonchev–Trinajstić information content (AvgIpc) is 3.23. The van der Waals surface area contributed by atoms with Crippen LogP contribution in [-0.2, 0) is 13.6 Å². The van der Waals surface area contributed by atoms with E-state index in [0.29, 0.717) is 24.5 Å². The van der Waals surface area contributed by atoms with E-state index in [1.165, 1.54) is 5.56 Å². The van der Waals surface area contributed by atoms with Gasteiger partial charge in [-0.15, -0.1) is 34.2 Å². The van der Waals surface area contributed by atoms with Crippen molar-refractivity contribution in [3.05, 3.63) is 47.5 Å². The molecule has 0 bridgehead atoms. The van der Waals surface area contributed by atoms with Gasteiger partial charge >= 0.3 is 0 Å². The maximum absolute atomic E-state index is 4.85. The molecule has 0 amide bonds. The number of nitrogens with zero attached hydrogens (tertiary/aromatic N) is 5. The highest BCUT2D eigenvalue weighted by Gasteiger charge is 2.31. The molecule has 3 unspecified atom stereocenters. The van der Waals surface area contributed by atoms with E-state index in [2.05, 4.69) is 77.7 Å². The average molecular weight is 525 g/mol. The quantitative estimate of drug-likeness (QED) is 0.344. The summed E-state index contributed by atoms with van der Waals surface area (Å²) in [5.74, 6) is 3.14. The van der Waals surface area contributed by atoms with Crippen LogP contribution in [0, 0.1) is 12.8 Å². The Morgan fingerprint density at radius 2 is 1.87 bits per heavy atom. The van der Waals surface area contributed by atoms with E-state index >= 15 is 0 Å². The smallest absolute Gasteiger partial charge is 0.192 e. The van der Waals surface area contributed by atoms with Crippen LogP contribution >= 0.6 is 24.0 Å². The third-order valence-corrected chi connectivity index (χ3v) is 5.91. The molecule has 8 heteroatoms. The van der Waals surface area contributed by atoms with Crippen molar-refractivity contribution in [1.82, 2.24) is 30.3 Å². The molecule has 2 aromatic rings. The maximum Gasteiger partial charge on any atom is 0.192 e. The van der Waals surface area contributed by atoms with Crippen LogP contribution in [0.5, 0.6) is 0 Å². The molecule has 0 aliphatic carbocycles. The number of halogens is 1. The first-order valence-corrected chi connectivity index (χ1v) is 10.6. The zero-order valence-electron chi connectivity index (χ0n) is 19.0. The van der Waals surface area contributed by atoms with Crippen LogP contribution < -0.4 is 10.6 Å². The molecule has 2 N–H and O–H groups in total. The number of rotatable bonds is 6. The van der Waals surface area contributed by atoms with Gasteiger partial charge in [-0.1, -0.05) is 37.3 Å². The zero-order valence-corrected chi connectivity index (χ0v) is 21.3. The van der Waals surface area contributed by atoms with Crippen LogP contribution in [0.15, 0.2) is 35.3 Å². The number of guanidine groups is 1. The van der Waals surface area contributed by atoms with E-state index in [1.807, 2.05) is 24.6 Å². The molecule has 0 radical (unpaired) electrons. The molecule has 1 aromatic carbocycles. The second kappa shape index (κ2) is 11.1. The summed E-state index contributed by atoms with van der Waals surface area (Å²) in [6.07, 6.45) is 0. The Morgan fingerprint density at radius 3 is 2.43 bits per heavy atom.